The van der Waals surface area contributed by atoms with Crippen molar-refractivity contribution < 1.29 is 0 Å². The van der Waals surface area contributed by atoms with Crippen molar-refractivity contribution in [1.29, 1.82) is 0 Å². The molecule has 0 amide bonds. The molecule has 2 saturated heterocycles. The number of rotatable bonds is 6. The smallest absolute Gasteiger partial charge is 0.0887 e. The Labute approximate surface area is 217 Å². The van der Waals surface area contributed by atoms with Crippen molar-refractivity contribution in [1.82, 2.24) is 10.2 Å². The highest BCUT2D eigenvalue weighted by atomic mass is 32.2. The highest BCUT2D eigenvalue weighted by Gasteiger charge is 2.65. The molecule has 0 radical (unpaired) electrons. The first-order valence-corrected chi connectivity index (χ1v) is 13.9. The fourth-order valence-corrected chi connectivity index (χ4v) is 8.19. The number of fused-ring (bicyclic) bond motifs is 1. The summed E-state index contributed by atoms with van der Waals surface area (Å²) in [6, 6.07) is 42.7. The zero-order valence-electron chi connectivity index (χ0n) is 20.3. The van der Waals surface area contributed by atoms with Gasteiger partial charge in [0.25, 0.3) is 0 Å². The molecule has 0 aliphatic carbocycles. The molecule has 2 fully saturated rings. The summed E-state index contributed by atoms with van der Waals surface area (Å²) in [6.45, 7) is 2.10. The third-order valence-electron chi connectivity index (χ3n) is 8.37. The minimum absolute atomic E-state index is 0.0698. The molecule has 3 aliphatic heterocycles. The predicted octanol–water partition coefficient (Wildman–Crippen LogP) is 6.46. The van der Waals surface area contributed by atoms with Crippen molar-refractivity contribution in [2.45, 2.75) is 46.8 Å². The Morgan fingerprint density at radius 1 is 0.806 bits per heavy atom. The van der Waals surface area contributed by atoms with Crippen molar-refractivity contribution in [2.75, 3.05) is 11.9 Å². The minimum Gasteiger partial charge on any atom is -0.369 e. The van der Waals surface area contributed by atoms with Crippen LogP contribution in [0.3, 0.4) is 0 Å². The molecule has 0 saturated carbocycles. The highest BCUT2D eigenvalue weighted by molar-refractivity contribution is 7.99. The number of nitrogens with zero attached hydrogens (tertiary/aromatic N) is 1. The van der Waals surface area contributed by atoms with E-state index < -0.39 is 0 Å². The Morgan fingerprint density at radius 2 is 1.47 bits per heavy atom. The Morgan fingerprint density at radius 3 is 2.25 bits per heavy atom. The summed E-state index contributed by atoms with van der Waals surface area (Å²) >= 11 is 2.00. The van der Waals surface area contributed by atoms with Crippen LogP contribution in [0, 0.1) is 0 Å². The second-order valence-corrected chi connectivity index (χ2v) is 11.5. The van der Waals surface area contributed by atoms with Crippen LogP contribution in [0.25, 0.3) is 0 Å². The van der Waals surface area contributed by atoms with Gasteiger partial charge in [-0.25, -0.2) is 0 Å². The molecular formula is C32H31N3S. The molecule has 4 heteroatoms. The van der Waals surface area contributed by atoms with Crippen molar-refractivity contribution in [2.24, 2.45) is 0 Å². The molecule has 4 unspecified atom stereocenters. The fourth-order valence-electron chi connectivity index (χ4n) is 6.91. The van der Waals surface area contributed by atoms with Crippen LogP contribution in [0.1, 0.15) is 28.4 Å². The van der Waals surface area contributed by atoms with E-state index in [-0.39, 0.29) is 11.6 Å². The molecule has 0 aromatic heterocycles. The summed E-state index contributed by atoms with van der Waals surface area (Å²) in [5.74, 6) is 0. The Bertz CT molecular complexity index is 1330. The molecule has 3 heterocycles. The van der Waals surface area contributed by atoms with Crippen molar-refractivity contribution >= 4 is 17.4 Å². The van der Waals surface area contributed by atoms with Crippen molar-refractivity contribution in [3.63, 3.8) is 0 Å². The van der Waals surface area contributed by atoms with Gasteiger partial charge in [-0.3, -0.25) is 10.2 Å². The average molecular weight is 490 g/mol. The van der Waals surface area contributed by atoms with Gasteiger partial charge >= 0.3 is 0 Å². The van der Waals surface area contributed by atoms with Crippen molar-refractivity contribution in [3.8, 4) is 0 Å². The monoisotopic (exact) mass is 489 g/mol. The number of thioether (sulfide) groups is 1. The van der Waals surface area contributed by atoms with Crippen LogP contribution in [-0.4, -0.2) is 29.7 Å². The van der Waals surface area contributed by atoms with E-state index >= 15 is 0 Å². The third-order valence-corrected chi connectivity index (χ3v) is 9.73. The first-order chi connectivity index (χ1) is 17.8. The summed E-state index contributed by atoms with van der Waals surface area (Å²) in [4.78, 5) is 4.08. The van der Waals surface area contributed by atoms with Gasteiger partial charge in [0.2, 0.25) is 0 Å². The average Bonchev–Trinajstić information content (AvgIpc) is 3.56. The maximum atomic E-state index is 4.15. The van der Waals surface area contributed by atoms with Gasteiger partial charge in [-0.15, -0.1) is 11.8 Å². The first kappa shape index (κ1) is 22.2. The number of likely N-dealkylation sites (tertiary alicyclic amines) is 1. The number of benzene rings is 4. The first-order valence-electron chi connectivity index (χ1n) is 13.0. The molecule has 36 heavy (non-hydrogen) atoms. The number of hydrogen-bond donors (Lipinski definition) is 2. The van der Waals surface area contributed by atoms with E-state index in [2.05, 4.69) is 131 Å². The van der Waals surface area contributed by atoms with Crippen LogP contribution in [0.15, 0.2) is 120 Å². The third kappa shape index (κ3) is 3.59. The van der Waals surface area contributed by atoms with E-state index in [4.69, 9.17) is 0 Å². The number of hydrogen-bond acceptors (Lipinski definition) is 4. The molecule has 3 aliphatic rings. The van der Waals surface area contributed by atoms with E-state index in [1.54, 1.807) is 0 Å². The lowest BCUT2D eigenvalue weighted by Crippen LogP contribution is -2.48. The van der Waals surface area contributed by atoms with Crippen LogP contribution in [0.4, 0.5) is 5.69 Å². The van der Waals surface area contributed by atoms with Gasteiger partial charge in [-0.2, -0.15) is 0 Å². The lowest BCUT2D eigenvalue weighted by Gasteiger charge is -2.37. The molecular weight excluding hydrogens is 458 g/mol. The van der Waals surface area contributed by atoms with Gasteiger partial charge in [-0.1, -0.05) is 97.1 Å². The van der Waals surface area contributed by atoms with Gasteiger partial charge in [0.05, 0.1) is 11.4 Å². The lowest BCUT2D eigenvalue weighted by molar-refractivity contribution is 0.197. The van der Waals surface area contributed by atoms with Gasteiger partial charge in [0.15, 0.2) is 0 Å². The van der Waals surface area contributed by atoms with Crippen LogP contribution in [0.5, 0.6) is 0 Å². The van der Waals surface area contributed by atoms with E-state index in [9.17, 15) is 0 Å². The fraction of sp³-hybridized carbons (Fsp3) is 0.250. The number of nitrogens with one attached hydrogen (secondary N) is 2. The number of para-hydroxylation sites is 1. The summed E-state index contributed by atoms with van der Waals surface area (Å²) in [5, 5.41) is 8.35. The molecule has 7 rings (SSSR count). The Balaban J connectivity index is 1.33. The second kappa shape index (κ2) is 9.11. The van der Waals surface area contributed by atoms with Crippen LogP contribution >= 0.6 is 11.8 Å². The summed E-state index contributed by atoms with van der Waals surface area (Å²) in [7, 11) is 0. The topological polar surface area (TPSA) is 27.3 Å². The van der Waals surface area contributed by atoms with E-state index in [1.165, 1.54) is 33.7 Å². The molecule has 2 N–H and O–H groups in total. The standard InChI is InChI=1S/C32H31N3S/c1-4-12-23(13-5-1)22-35-21-20-32-26-18-10-11-19-27(26)33-31(32)34-28(30(32)35)29(24-14-6-2-7-15-24)36-25-16-8-3-9-17-25/h1-19,28-31,33-34H,20-22H2/t28?,29?,30?,31-,32?/m1/s1. The normalized spacial score (nSPS) is 27.2. The molecule has 4 aromatic carbocycles. The SMILES string of the molecule is c1ccc(CN2CCC34c5ccccc5N[C@@H]3NC(C(Sc3ccccc3)c3ccccc3)C24)cc1. The van der Waals surface area contributed by atoms with E-state index in [0.717, 1.165) is 13.1 Å². The van der Waals surface area contributed by atoms with E-state index in [1.807, 2.05) is 11.8 Å². The summed E-state index contributed by atoms with van der Waals surface area (Å²) < 4.78 is 0. The zero-order valence-corrected chi connectivity index (χ0v) is 21.1. The quantitative estimate of drug-likeness (QED) is 0.304. The molecule has 180 valence electrons. The summed E-state index contributed by atoms with van der Waals surface area (Å²) in [5.41, 5.74) is 5.64. The van der Waals surface area contributed by atoms with Crippen LogP contribution in [0.2, 0.25) is 0 Å². The van der Waals surface area contributed by atoms with Crippen LogP contribution < -0.4 is 10.6 Å². The van der Waals surface area contributed by atoms with Gasteiger partial charge in [-0.05, 0) is 47.9 Å². The maximum Gasteiger partial charge on any atom is 0.0887 e. The second-order valence-electron chi connectivity index (χ2n) is 10.3. The zero-order chi connectivity index (χ0) is 24.0. The Hall–Kier alpha value is -3.05. The summed E-state index contributed by atoms with van der Waals surface area (Å²) in [6.07, 6.45) is 1.41. The van der Waals surface area contributed by atoms with Gasteiger partial charge in [0, 0.05) is 34.6 Å². The molecule has 4 aromatic rings. The van der Waals surface area contributed by atoms with Crippen molar-refractivity contribution in [3.05, 3.63) is 132 Å². The highest BCUT2D eigenvalue weighted by Crippen LogP contribution is 2.57. The maximum absolute atomic E-state index is 4.15. The largest absolute Gasteiger partial charge is 0.369 e. The molecule has 0 bridgehead atoms. The predicted molar refractivity (Wildman–Crippen MR) is 149 cm³/mol. The van der Waals surface area contributed by atoms with E-state index in [0.29, 0.717) is 17.3 Å². The molecule has 1 spiro atoms. The molecule has 3 nitrogen and oxygen atoms in total. The van der Waals surface area contributed by atoms with Crippen LogP contribution in [-0.2, 0) is 12.0 Å². The lowest BCUT2D eigenvalue weighted by atomic mass is 9.73. The number of anilines is 1. The van der Waals surface area contributed by atoms with Gasteiger partial charge < -0.3 is 5.32 Å². The molecule has 5 atom stereocenters. The van der Waals surface area contributed by atoms with Gasteiger partial charge in [0.1, 0.15) is 0 Å². The Kier molecular flexibility index (Phi) is 5.61. The minimum atomic E-state index is 0.0698.